The lowest BCUT2D eigenvalue weighted by atomic mass is 9.79. The number of amides is 1. The molecule has 3 aromatic rings. The molecule has 5 rings (SSSR count). The first-order valence-electron chi connectivity index (χ1n) is 12.8. The van der Waals surface area contributed by atoms with Crippen molar-refractivity contribution < 1.29 is 19.4 Å². The van der Waals surface area contributed by atoms with Crippen LogP contribution in [0.2, 0.25) is 0 Å². The van der Waals surface area contributed by atoms with E-state index in [1.54, 1.807) is 18.3 Å². The minimum absolute atomic E-state index is 0.157. The van der Waals surface area contributed by atoms with Crippen LogP contribution in [0.1, 0.15) is 53.7 Å². The minimum Gasteiger partial charge on any atom is -0.480 e. The van der Waals surface area contributed by atoms with Crippen molar-refractivity contribution in [1.82, 2.24) is 15.3 Å². The van der Waals surface area contributed by atoms with Gasteiger partial charge in [-0.05, 0) is 74.3 Å². The van der Waals surface area contributed by atoms with Gasteiger partial charge in [0.15, 0.2) is 0 Å². The molecule has 8 heteroatoms. The lowest BCUT2D eigenvalue weighted by molar-refractivity contribution is -0.140. The summed E-state index contributed by atoms with van der Waals surface area (Å²) in [7, 11) is 0. The minimum atomic E-state index is -1.07. The highest BCUT2D eigenvalue weighted by Crippen LogP contribution is 2.34. The van der Waals surface area contributed by atoms with E-state index in [-0.39, 0.29) is 12.5 Å². The van der Waals surface area contributed by atoms with Gasteiger partial charge in [0.2, 0.25) is 0 Å². The van der Waals surface area contributed by atoms with Crippen LogP contribution in [-0.4, -0.2) is 52.2 Å². The predicted molar refractivity (Wildman–Crippen MR) is 137 cm³/mol. The Hall–Kier alpha value is -3.52. The summed E-state index contributed by atoms with van der Waals surface area (Å²) in [6.07, 6.45) is 8.32. The van der Waals surface area contributed by atoms with E-state index in [4.69, 9.17) is 9.72 Å². The summed E-state index contributed by atoms with van der Waals surface area (Å²) in [5.74, 6) is 0.164. The van der Waals surface area contributed by atoms with E-state index in [2.05, 4.69) is 27.8 Å². The number of aromatic nitrogens is 2. The third-order valence-corrected chi connectivity index (χ3v) is 7.18. The number of carboxylic acids is 1. The number of aliphatic carboxylic acids is 1. The number of anilines is 1. The van der Waals surface area contributed by atoms with Crippen LogP contribution in [0.25, 0.3) is 10.9 Å². The first-order valence-corrected chi connectivity index (χ1v) is 12.8. The Morgan fingerprint density at radius 1 is 1.19 bits per heavy atom. The summed E-state index contributed by atoms with van der Waals surface area (Å²) in [4.78, 5) is 33.4. The number of nitrogens with one attached hydrogen (secondary N) is 2. The van der Waals surface area contributed by atoms with E-state index in [1.807, 2.05) is 18.2 Å². The number of ether oxygens (including phenoxy) is 1. The summed E-state index contributed by atoms with van der Waals surface area (Å²) in [6, 6.07) is 12.2. The van der Waals surface area contributed by atoms with Gasteiger partial charge < -0.3 is 20.5 Å². The maximum absolute atomic E-state index is 12.6. The van der Waals surface area contributed by atoms with Crippen molar-refractivity contribution in [3.05, 3.63) is 65.5 Å². The number of rotatable bonds is 10. The summed E-state index contributed by atoms with van der Waals surface area (Å²) in [5.41, 5.74) is 3.53. The fourth-order valence-electron chi connectivity index (χ4n) is 4.97. The molecule has 0 saturated heterocycles. The zero-order valence-electron chi connectivity index (χ0n) is 20.3. The van der Waals surface area contributed by atoms with Crippen LogP contribution in [0.5, 0.6) is 0 Å². The van der Waals surface area contributed by atoms with Crippen molar-refractivity contribution in [2.45, 2.75) is 57.1 Å². The zero-order valence-corrected chi connectivity index (χ0v) is 20.3. The molecule has 8 nitrogen and oxygen atoms in total. The van der Waals surface area contributed by atoms with Crippen molar-refractivity contribution in [1.29, 1.82) is 0 Å². The summed E-state index contributed by atoms with van der Waals surface area (Å²) in [6.45, 7) is 1.30. The second kappa shape index (κ2) is 11.0. The van der Waals surface area contributed by atoms with Crippen LogP contribution < -0.4 is 10.6 Å². The third-order valence-electron chi connectivity index (χ3n) is 7.18. The fraction of sp³-hybridized carbons (Fsp3) is 0.429. The second-order valence-electron chi connectivity index (χ2n) is 9.77. The lowest BCUT2D eigenvalue weighted by Gasteiger charge is -2.35. The molecule has 1 aromatic carbocycles. The Labute approximate surface area is 210 Å². The normalized spacial score (nSPS) is 19.6. The molecule has 3 N–H and O–H groups in total. The molecule has 1 fully saturated rings. The third kappa shape index (κ3) is 5.82. The van der Waals surface area contributed by atoms with E-state index < -0.39 is 17.9 Å². The average Bonchev–Trinajstić information content (AvgIpc) is 2.88. The summed E-state index contributed by atoms with van der Waals surface area (Å²) < 4.78 is 5.91. The van der Waals surface area contributed by atoms with Gasteiger partial charge in [-0.1, -0.05) is 18.2 Å². The summed E-state index contributed by atoms with van der Waals surface area (Å²) >= 11 is 0. The highest BCUT2D eigenvalue weighted by Gasteiger charge is 2.30. The molecule has 0 radical (unpaired) electrons. The molecule has 1 aliphatic carbocycles. The standard InChI is InChI=1S/C28H32N4O4/c33-27(21-7-6-19-3-1-12-29-25(19)17-21)32-24(28(34)35)11-14-36-23-15-18(16-23)5-9-22-10-8-20-4-2-13-30-26(20)31-22/h1,3,6-8,10,12,17-18,23-24H,2,4-5,9,11,13-16H2,(H,30,31)(H,32,33)(H,34,35)/t18-,23-,24-/m0/s1. The zero-order chi connectivity index (χ0) is 24.9. The molecule has 1 saturated carbocycles. The van der Waals surface area contributed by atoms with Gasteiger partial charge >= 0.3 is 5.97 Å². The Morgan fingerprint density at radius 2 is 2.08 bits per heavy atom. The Kier molecular flexibility index (Phi) is 7.41. The maximum atomic E-state index is 12.6. The van der Waals surface area contributed by atoms with Crippen molar-refractivity contribution in [2.24, 2.45) is 5.92 Å². The number of carbonyl (C=O) groups excluding carboxylic acids is 1. The molecule has 1 amide bonds. The van der Waals surface area contributed by atoms with E-state index in [0.717, 1.165) is 55.5 Å². The largest absolute Gasteiger partial charge is 0.480 e. The topological polar surface area (TPSA) is 113 Å². The Morgan fingerprint density at radius 3 is 2.94 bits per heavy atom. The van der Waals surface area contributed by atoms with Crippen LogP contribution in [0.4, 0.5) is 5.82 Å². The van der Waals surface area contributed by atoms with E-state index >= 15 is 0 Å². The molecule has 0 bridgehead atoms. The van der Waals surface area contributed by atoms with Gasteiger partial charge in [0, 0.05) is 42.4 Å². The monoisotopic (exact) mass is 488 g/mol. The predicted octanol–water partition coefficient (Wildman–Crippen LogP) is 3.99. The van der Waals surface area contributed by atoms with E-state index in [1.165, 1.54) is 12.0 Å². The highest BCUT2D eigenvalue weighted by atomic mass is 16.5. The summed E-state index contributed by atoms with van der Waals surface area (Å²) in [5, 5.41) is 16.5. The van der Waals surface area contributed by atoms with E-state index in [9.17, 15) is 14.7 Å². The van der Waals surface area contributed by atoms with Crippen molar-refractivity contribution >= 4 is 28.6 Å². The first kappa shape index (κ1) is 24.2. The van der Waals surface area contributed by atoms with Crippen molar-refractivity contribution in [3.8, 4) is 0 Å². The number of nitrogens with zero attached hydrogens (tertiary/aromatic N) is 2. The van der Waals surface area contributed by atoms with Crippen LogP contribution >= 0.6 is 0 Å². The molecule has 1 atom stereocenters. The number of carboxylic acid groups (broad SMARTS) is 1. The Bertz CT molecular complexity index is 1240. The first-order chi connectivity index (χ1) is 17.5. The molecular weight excluding hydrogens is 456 g/mol. The lowest BCUT2D eigenvalue weighted by Crippen LogP contribution is -2.42. The number of hydrogen-bond acceptors (Lipinski definition) is 6. The number of fused-ring (bicyclic) bond motifs is 2. The van der Waals surface area contributed by atoms with Gasteiger partial charge in [-0.25, -0.2) is 9.78 Å². The van der Waals surface area contributed by atoms with Crippen LogP contribution in [0.3, 0.4) is 0 Å². The number of carbonyl (C=O) groups is 2. The fourth-order valence-corrected chi connectivity index (χ4v) is 4.97. The molecule has 0 unspecified atom stereocenters. The van der Waals surface area contributed by atoms with E-state index in [0.29, 0.717) is 23.6 Å². The van der Waals surface area contributed by atoms with Crippen LogP contribution in [0.15, 0.2) is 48.7 Å². The van der Waals surface area contributed by atoms with Crippen molar-refractivity contribution in [3.63, 3.8) is 0 Å². The number of benzene rings is 1. The van der Waals surface area contributed by atoms with Gasteiger partial charge in [-0.15, -0.1) is 0 Å². The molecule has 1 aliphatic heterocycles. The molecule has 2 aliphatic rings. The molecule has 3 heterocycles. The average molecular weight is 489 g/mol. The Balaban J connectivity index is 1.03. The molecule has 36 heavy (non-hydrogen) atoms. The van der Waals surface area contributed by atoms with Crippen LogP contribution in [-0.2, 0) is 22.4 Å². The second-order valence-corrected chi connectivity index (χ2v) is 9.77. The van der Waals surface area contributed by atoms with Crippen molar-refractivity contribution in [2.75, 3.05) is 18.5 Å². The van der Waals surface area contributed by atoms with Gasteiger partial charge in [0.1, 0.15) is 11.9 Å². The van der Waals surface area contributed by atoms with Crippen LogP contribution in [0, 0.1) is 5.92 Å². The number of hydrogen-bond donors (Lipinski definition) is 3. The maximum Gasteiger partial charge on any atom is 0.326 e. The number of pyridine rings is 2. The number of aryl methyl sites for hydroxylation is 2. The van der Waals surface area contributed by atoms with Gasteiger partial charge in [0.05, 0.1) is 11.6 Å². The molecular formula is C28H32N4O4. The molecule has 2 aromatic heterocycles. The highest BCUT2D eigenvalue weighted by molar-refractivity contribution is 5.99. The quantitative estimate of drug-likeness (QED) is 0.395. The molecule has 188 valence electrons. The van der Waals surface area contributed by atoms with Gasteiger partial charge in [-0.2, -0.15) is 0 Å². The smallest absolute Gasteiger partial charge is 0.326 e. The van der Waals surface area contributed by atoms with Gasteiger partial charge in [0.25, 0.3) is 5.91 Å². The molecule has 0 spiro atoms. The van der Waals surface area contributed by atoms with Gasteiger partial charge in [-0.3, -0.25) is 9.78 Å². The SMILES string of the molecule is O=C(N[C@@H](CCO[C@H]1C[C@H](CCc2ccc3c(n2)NCCC3)C1)C(=O)O)c1ccc2cccnc2c1.